The maximum absolute atomic E-state index is 11.8. The third-order valence-corrected chi connectivity index (χ3v) is 4.51. The van der Waals surface area contributed by atoms with E-state index in [-0.39, 0.29) is 5.91 Å². The molecule has 1 atom stereocenters. The molecular formula is C15H29N3O. The van der Waals surface area contributed by atoms with Gasteiger partial charge in [-0.25, -0.2) is 0 Å². The molecule has 1 unspecified atom stereocenters. The van der Waals surface area contributed by atoms with E-state index >= 15 is 0 Å². The molecule has 19 heavy (non-hydrogen) atoms. The first-order chi connectivity index (χ1) is 9.16. The van der Waals surface area contributed by atoms with E-state index in [0.717, 1.165) is 25.4 Å². The van der Waals surface area contributed by atoms with Crippen molar-refractivity contribution in [3.63, 3.8) is 0 Å². The number of hydrogen-bond donors (Lipinski definition) is 2. The summed E-state index contributed by atoms with van der Waals surface area (Å²) in [6.07, 6.45) is 8.85. The minimum absolute atomic E-state index is 0.160. The van der Waals surface area contributed by atoms with E-state index in [1.54, 1.807) is 0 Å². The van der Waals surface area contributed by atoms with Crippen molar-refractivity contribution in [2.45, 2.75) is 70.0 Å². The van der Waals surface area contributed by atoms with Gasteiger partial charge in [-0.2, -0.15) is 0 Å². The number of likely N-dealkylation sites (N-methyl/N-ethyl adjacent to an activating group) is 1. The maximum atomic E-state index is 11.8. The van der Waals surface area contributed by atoms with Crippen molar-refractivity contribution in [2.24, 2.45) is 0 Å². The average Bonchev–Trinajstić information content (AvgIpc) is 3.23. The van der Waals surface area contributed by atoms with Gasteiger partial charge in [-0.15, -0.1) is 0 Å². The minimum atomic E-state index is 0.160. The van der Waals surface area contributed by atoms with Crippen LogP contribution in [0.25, 0.3) is 0 Å². The number of hydrogen-bond acceptors (Lipinski definition) is 3. The van der Waals surface area contributed by atoms with Gasteiger partial charge in [0, 0.05) is 24.7 Å². The fourth-order valence-corrected chi connectivity index (χ4v) is 2.91. The normalized spacial score (nSPS) is 22.5. The fraction of sp³-hybridized carbons (Fsp3) is 0.933. The molecule has 4 nitrogen and oxygen atoms in total. The van der Waals surface area contributed by atoms with E-state index in [9.17, 15) is 4.79 Å². The molecule has 2 fully saturated rings. The topological polar surface area (TPSA) is 44.4 Å². The number of rotatable bonds is 7. The zero-order valence-corrected chi connectivity index (χ0v) is 12.5. The lowest BCUT2D eigenvalue weighted by Gasteiger charge is -2.25. The largest absolute Gasteiger partial charge is 0.352 e. The summed E-state index contributed by atoms with van der Waals surface area (Å²) >= 11 is 0. The van der Waals surface area contributed by atoms with Crippen molar-refractivity contribution in [3.8, 4) is 0 Å². The average molecular weight is 267 g/mol. The molecule has 0 aromatic rings. The molecule has 2 aliphatic carbocycles. The molecule has 0 bridgehead atoms. The smallest absolute Gasteiger partial charge is 0.234 e. The van der Waals surface area contributed by atoms with E-state index < -0.39 is 0 Å². The molecule has 0 spiro atoms. The van der Waals surface area contributed by atoms with Crippen molar-refractivity contribution in [2.75, 3.05) is 20.1 Å². The molecule has 0 aromatic heterocycles. The highest BCUT2D eigenvalue weighted by molar-refractivity contribution is 5.78. The Hall–Kier alpha value is -0.610. The van der Waals surface area contributed by atoms with Crippen LogP contribution in [0.1, 0.15) is 51.9 Å². The molecule has 2 saturated carbocycles. The Labute approximate surface area is 117 Å². The molecule has 4 heteroatoms. The van der Waals surface area contributed by atoms with E-state index in [2.05, 4.69) is 29.5 Å². The molecule has 2 aliphatic rings. The SMILES string of the molecule is CC(CNCC(=O)NC1CCCCC1)N(C)C1CC1. The summed E-state index contributed by atoms with van der Waals surface area (Å²) < 4.78 is 0. The van der Waals surface area contributed by atoms with Gasteiger partial charge in [0.05, 0.1) is 6.54 Å². The Morgan fingerprint density at radius 1 is 1.21 bits per heavy atom. The Morgan fingerprint density at radius 2 is 1.89 bits per heavy atom. The number of nitrogens with one attached hydrogen (secondary N) is 2. The molecule has 0 heterocycles. The van der Waals surface area contributed by atoms with E-state index in [1.165, 1.54) is 32.1 Å². The molecular weight excluding hydrogens is 238 g/mol. The lowest BCUT2D eigenvalue weighted by Crippen LogP contribution is -2.45. The van der Waals surface area contributed by atoms with E-state index in [0.29, 0.717) is 18.6 Å². The van der Waals surface area contributed by atoms with Gasteiger partial charge in [0.15, 0.2) is 0 Å². The summed E-state index contributed by atoms with van der Waals surface area (Å²) in [5.41, 5.74) is 0. The fourth-order valence-electron chi connectivity index (χ4n) is 2.91. The van der Waals surface area contributed by atoms with Crippen LogP contribution in [0.4, 0.5) is 0 Å². The highest BCUT2D eigenvalue weighted by atomic mass is 16.1. The molecule has 0 radical (unpaired) electrons. The highest BCUT2D eigenvalue weighted by Gasteiger charge is 2.28. The summed E-state index contributed by atoms with van der Waals surface area (Å²) in [5, 5.41) is 6.43. The number of carbonyl (C=O) groups excluding carboxylic acids is 1. The zero-order chi connectivity index (χ0) is 13.7. The van der Waals surface area contributed by atoms with Crippen molar-refractivity contribution >= 4 is 5.91 Å². The van der Waals surface area contributed by atoms with Gasteiger partial charge in [-0.1, -0.05) is 19.3 Å². The van der Waals surface area contributed by atoms with Crippen molar-refractivity contribution < 1.29 is 4.79 Å². The first kappa shape index (κ1) is 14.8. The molecule has 0 saturated heterocycles. The zero-order valence-electron chi connectivity index (χ0n) is 12.5. The Kier molecular flexibility index (Phi) is 5.64. The van der Waals surface area contributed by atoms with E-state index in [4.69, 9.17) is 0 Å². The molecule has 0 aliphatic heterocycles. The monoisotopic (exact) mass is 267 g/mol. The van der Waals surface area contributed by atoms with Crippen LogP contribution in [-0.2, 0) is 4.79 Å². The summed E-state index contributed by atoms with van der Waals surface area (Å²) in [4.78, 5) is 14.2. The second-order valence-electron chi connectivity index (χ2n) is 6.28. The van der Waals surface area contributed by atoms with Gasteiger partial charge in [-0.3, -0.25) is 9.69 Å². The van der Waals surface area contributed by atoms with Crippen molar-refractivity contribution in [1.29, 1.82) is 0 Å². The maximum Gasteiger partial charge on any atom is 0.234 e. The summed E-state index contributed by atoms with van der Waals surface area (Å²) in [6.45, 7) is 3.58. The quantitative estimate of drug-likeness (QED) is 0.735. The van der Waals surface area contributed by atoms with E-state index in [1.807, 2.05) is 0 Å². The second-order valence-corrected chi connectivity index (χ2v) is 6.28. The third kappa shape index (κ3) is 5.11. The molecule has 2 N–H and O–H groups in total. The van der Waals surface area contributed by atoms with Crippen LogP contribution in [0.2, 0.25) is 0 Å². The first-order valence-electron chi connectivity index (χ1n) is 7.89. The summed E-state index contributed by atoms with van der Waals surface area (Å²) in [7, 11) is 2.19. The minimum Gasteiger partial charge on any atom is -0.352 e. The summed E-state index contributed by atoms with van der Waals surface area (Å²) in [6, 6.07) is 1.72. The molecule has 1 amide bonds. The number of amides is 1. The van der Waals surface area contributed by atoms with Gasteiger partial charge in [0.1, 0.15) is 0 Å². The Morgan fingerprint density at radius 3 is 2.53 bits per heavy atom. The van der Waals surface area contributed by atoms with Crippen LogP contribution < -0.4 is 10.6 Å². The first-order valence-corrected chi connectivity index (χ1v) is 7.89. The van der Waals surface area contributed by atoms with Crippen LogP contribution in [0, 0.1) is 0 Å². The standard InChI is InChI=1S/C15H29N3O/c1-12(18(2)14-8-9-14)10-16-11-15(19)17-13-6-4-3-5-7-13/h12-14,16H,3-11H2,1-2H3,(H,17,19). The predicted molar refractivity (Wildman–Crippen MR) is 78.1 cm³/mol. The second kappa shape index (κ2) is 7.25. The predicted octanol–water partition coefficient (Wildman–Crippen LogP) is 1.51. The third-order valence-electron chi connectivity index (χ3n) is 4.51. The molecule has 0 aromatic carbocycles. The van der Waals surface area contributed by atoms with Crippen LogP contribution in [0.3, 0.4) is 0 Å². The van der Waals surface area contributed by atoms with Crippen LogP contribution >= 0.6 is 0 Å². The van der Waals surface area contributed by atoms with Crippen LogP contribution in [-0.4, -0.2) is 49.1 Å². The molecule has 110 valence electrons. The van der Waals surface area contributed by atoms with Gasteiger partial charge in [0.2, 0.25) is 5.91 Å². The Balaban J connectivity index is 1.55. The van der Waals surface area contributed by atoms with Gasteiger partial charge in [-0.05, 0) is 39.7 Å². The number of carbonyl (C=O) groups is 1. The Bertz CT molecular complexity index is 285. The van der Waals surface area contributed by atoms with Gasteiger partial charge in [0.25, 0.3) is 0 Å². The van der Waals surface area contributed by atoms with Gasteiger partial charge >= 0.3 is 0 Å². The number of nitrogens with zero attached hydrogens (tertiary/aromatic N) is 1. The van der Waals surface area contributed by atoms with Crippen LogP contribution in [0.5, 0.6) is 0 Å². The highest BCUT2D eigenvalue weighted by Crippen LogP contribution is 2.26. The lowest BCUT2D eigenvalue weighted by molar-refractivity contribution is -0.121. The van der Waals surface area contributed by atoms with Crippen LogP contribution in [0.15, 0.2) is 0 Å². The van der Waals surface area contributed by atoms with Crippen molar-refractivity contribution in [1.82, 2.24) is 15.5 Å². The summed E-state index contributed by atoms with van der Waals surface area (Å²) in [5.74, 6) is 0.160. The molecule has 2 rings (SSSR count). The lowest BCUT2D eigenvalue weighted by atomic mass is 9.95. The van der Waals surface area contributed by atoms with Gasteiger partial charge < -0.3 is 10.6 Å². The van der Waals surface area contributed by atoms with Crippen molar-refractivity contribution in [3.05, 3.63) is 0 Å².